The average Bonchev–Trinajstić information content (AvgIpc) is 3.23. The van der Waals surface area contributed by atoms with E-state index in [-0.39, 0.29) is 11.9 Å². The highest BCUT2D eigenvalue weighted by Gasteiger charge is 2.36. The van der Waals surface area contributed by atoms with E-state index in [1.54, 1.807) is 0 Å². The van der Waals surface area contributed by atoms with Gasteiger partial charge in [0, 0.05) is 24.3 Å². The number of nitrogens with zero attached hydrogens (tertiary/aromatic N) is 1. The van der Waals surface area contributed by atoms with Crippen molar-refractivity contribution in [3.8, 4) is 11.5 Å². The van der Waals surface area contributed by atoms with Gasteiger partial charge in [0.05, 0.1) is 6.04 Å². The van der Waals surface area contributed by atoms with Gasteiger partial charge in [-0.05, 0) is 31.4 Å². The predicted molar refractivity (Wildman–Crippen MR) is 74.3 cm³/mol. The summed E-state index contributed by atoms with van der Waals surface area (Å²) in [6, 6.07) is 6.27. The summed E-state index contributed by atoms with van der Waals surface area (Å²) < 4.78 is 11.1. The van der Waals surface area contributed by atoms with Gasteiger partial charge in [-0.3, -0.25) is 4.79 Å². The summed E-state index contributed by atoms with van der Waals surface area (Å²) in [5, 5.41) is 3.42. The van der Waals surface area contributed by atoms with Crippen LogP contribution in [0.3, 0.4) is 0 Å². The Bertz CT molecular complexity index is 542. The van der Waals surface area contributed by atoms with E-state index in [2.05, 4.69) is 5.32 Å². The zero-order valence-corrected chi connectivity index (χ0v) is 11.3. The minimum Gasteiger partial charge on any atom is -0.486 e. The van der Waals surface area contributed by atoms with Gasteiger partial charge in [-0.2, -0.15) is 0 Å². The molecule has 1 aromatic carbocycles. The Morgan fingerprint density at radius 2 is 1.90 bits per heavy atom. The number of fused-ring (bicyclic) bond motifs is 1. The normalized spacial score (nSPS) is 25.1. The lowest BCUT2D eigenvalue weighted by molar-refractivity contribution is -0.118. The Labute approximate surface area is 117 Å². The summed E-state index contributed by atoms with van der Waals surface area (Å²) in [5.74, 6) is 1.67. The van der Waals surface area contributed by atoms with Crippen molar-refractivity contribution in [2.24, 2.45) is 0 Å². The molecule has 2 fully saturated rings. The number of benzene rings is 1. The van der Waals surface area contributed by atoms with Gasteiger partial charge >= 0.3 is 0 Å². The third-order valence-electron chi connectivity index (χ3n) is 4.06. The van der Waals surface area contributed by atoms with Gasteiger partial charge in [-0.25, -0.2) is 0 Å². The molecule has 1 amide bonds. The molecule has 1 saturated heterocycles. The van der Waals surface area contributed by atoms with Crippen LogP contribution < -0.4 is 19.7 Å². The van der Waals surface area contributed by atoms with Crippen LogP contribution in [0.25, 0.3) is 0 Å². The van der Waals surface area contributed by atoms with Gasteiger partial charge in [0.1, 0.15) is 13.2 Å². The van der Waals surface area contributed by atoms with E-state index in [4.69, 9.17) is 9.47 Å². The molecule has 5 nitrogen and oxygen atoms in total. The largest absolute Gasteiger partial charge is 0.486 e. The summed E-state index contributed by atoms with van der Waals surface area (Å²) in [4.78, 5) is 14.3. The Balaban J connectivity index is 1.53. The molecule has 1 aliphatic carbocycles. The van der Waals surface area contributed by atoms with Gasteiger partial charge in [0.2, 0.25) is 5.91 Å². The molecule has 2 aliphatic heterocycles. The SMILES string of the molecule is O=C1C(NC2CC2)CCN1c1ccc2c(c1)OCCO2. The average molecular weight is 274 g/mol. The van der Waals surface area contributed by atoms with Crippen molar-refractivity contribution in [2.45, 2.75) is 31.3 Å². The fraction of sp³-hybridized carbons (Fsp3) is 0.533. The molecule has 2 heterocycles. The smallest absolute Gasteiger partial charge is 0.244 e. The lowest BCUT2D eigenvalue weighted by Crippen LogP contribution is -2.39. The summed E-state index contributed by atoms with van der Waals surface area (Å²) in [5.41, 5.74) is 0.902. The predicted octanol–water partition coefficient (Wildman–Crippen LogP) is 1.32. The molecule has 0 aromatic heterocycles. The van der Waals surface area contributed by atoms with Gasteiger partial charge in [-0.15, -0.1) is 0 Å². The van der Waals surface area contributed by atoms with Crippen molar-refractivity contribution in [3.05, 3.63) is 18.2 Å². The van der Waals surface area contributed by atoms with Crippen molar-refractivity contribution in [1.29, 1.82) is 0 Å². The Morgan fingerprint density at radius 1 is 1.10 bits per heavy atom. The van der Waals surface area contributed by atoms with Crippen LogP contribution in [0.15, 0.2) is 18.2 Å². The summed E-state index contributed by atoms with van der Waals surface area (Å²) in [6.07, 6.45) is 3.28. The zero-order chi connectivity index (χ0) is 13.5. The van der Waals surface area contributed by atoms with Crippen LogP contribution in [-0.2, 0) is 4.79 Å². The lowest BCUT2D eigenvalue weighted by atomic mass is 10.2. The minimum atomic E-state index is -0.0179. The Kier molecular flexibility index (Phi) is 2.80. The molecule has 106 valence electrons. The summed E-state index contributed by atoms with van der Waals surface area (Å²) in [7, 11) is 0. The molecular weight excluding hydrogens is 256 g/mol. The number of rotatable bonds is 3. The lowest BCUT2D eigenvalue weighted by Gasteiger charge is -2.22. The molecule has 1 unspecified atom stereocenters. The van der Waals surface area contributed by atoms with Crippen LogP contribution in [0.1, 0.15) is 19.3 Å². The Hall–Kier alpha value is -1.75. The molecule has 1 saturated carbocycles. The highest BCUT2D eigenvalue weighted by Crippen LogP contribution is 2.35. The molecule has 4 rings (SSSR count). The number of carbonyl (C=O) groups is 1. The number of hydrogen-bond donors (Lipinski definition) is 1. The molecule has 0 bridgehead atoms. The highest BCUT2D eigenvalue weighted by atomic mass is 16.6. The second kappa shape index (κ2) is 4.66. The first-order valence-corrected chi connectivity index (χ1v) is 7.28. The fourth-order valence-corrected chi connectivity index (χ4v) is 2.83. The summed E-state index contributed by atoms with van der Waals surface area (Å²) >= 11 is 0. The van der Waals surface area contributed by atoms with Gasteiger partial charge < -0.3 is 19.7 Å². The maximum Gasteiger partial charge on any atom is 0.244 e. The monoisotopic (exact) mass is 274 g/mol. The van der Waals surface area contributed by atoms with Crippen LogP contribution in [0.4, 0.5) is 5.69 Å². The van der Waals surface area contributed by atoms with Crippen molar-refractivity contribution < 1.29 is 14.3 Å². The molecule has 0 spiro atoms. The first-order chi connectivity index (χ1) is 9.81. The number of carbonyl (C=O) groups excluding carboxylic acids is 1. The van der Waals surface area contributed by atoms with Crippen LogP contribution in [-0.4, -0.2) is 37.7 Å². The molecule has 5 heteroatoms. The number of anilines is 1. The standard InChI is InChI=1S/C15H18N2O3/c18-15-12(16-10-1-2-10)5-6-17(15)11-3-4-13-14(9-11)20-8-7-19-13/h3-4,9-10,12,16H,1-2,5-8H2. The van der Waals surface area contributed by atoms with Crippen molar-refractivity contribution in [3.63, 3.8) is 0 Å². The van der Waals surface area contributed by atoms with E-state index < -0.39 is 0 Å². The van der Waals surface area contributed by atoms with Crippen LogP contribution >= 0.6 is 0 Å². The maximum absolute atomic E-state index is 12.4. The van der Waals surface area contributed by atoms with Crippen molar-refractivity contribution in [2.75, 3.05) is 24.7 Å². The molecule has 20 heavy (non-hydrogen) atoms. The summed E-state index contributed by atoms with van der Waals surface area (Å²) in [6.45, 7) is 1.92. The second-order valence-corrected chi connectivity index (χ2v) is 5.60. The number of nitrogens with one attached hydrogen (secondary N) is 1. The Morgan fingerprint density at radius 3 is 2.70 bits per heavy atom. The van der Waals surface area contributed by atoms with E-state index in [1.807, 2.05) is 23.1 Å². The molecule has 1 N–H and O–H groups in total. The highest BCUT2D eigenvalue weighted by molar-refractivity contribution is 5.99. The number of hydrogen-bond acceptors (Lipinski definition) is 4. The topological polar surface area (TPSA) is 50.8 Å². The third kappa shape index (κ3) is 2.12. The van der Waals surface area contributed by atoms with Crippen molar-refractivity contribution in [1.82, 2.24) is 5.32 Å². The quantitative estimate of drug-likeness (QED) is 0.903. The molecule has 0 radical (unpaired) electrons. The van der Waals surface area contributed by atoms with E-state index >= 15 is 0 Å². The first kappa shape index (κ1) is 12.0. The van der Waals surface area contributed by atoms with E-state index in [0.717, 1.165) is 30.2 Å². The maximum atomic E-state index is 12.4. The van der Waals surface area contributed by atoms with E-state index in [9.17, 15) is 4.79 Å². The first-order valence-electron chi connectivity index (χ1n) is 7.28. The van der Waals surface area contributed by atoms with Crippen LogP contribution in [0, 0.1) is 0 Å². The fourth-order valence-electron chi connectivity index (χ4n) is 2.83. The number of amides is 1. The van der Waals surface area contributed by atoms with Gasteiger partial charge in [0.25, 0.3) is 0 Å². The van der Waals surface area contributed by atoms with Crippen LogP contribution in [0.5, 0.6) is 11.5 Å². The zero-order valence-electron chi connectivity index (χ0n) is 11.3. The van der Waals surface area contributed by atoms with Gasteiger partial charge in [-0.1, -0.05) is 0 Å². The second-order valence-electron chi connectivity index (χ2n) is 5.60. The molecule has 1 aromatic rings. The van der Waals surface area contributed by atoms with E-state index in [1.165, 1.54) is 12.8 Å². The minimum absolute atomic E-state index is 0.0179. The number of ether oxygens (including phenoxy) is 2. The van der Waals surface area contributed by atoms with Crippen LogP contribution in [0.2, 0.25) is 0 Å². The van der Waals surface area contributed by atoms with Gasteiger partial charge in [0.15, 0.2) is 11.5 Å². The third-order valence-corrected chi connectivity index (χ3v) is 4.06. The molecular formula is C15H18N2O3. The van der Waals surface area contributed by atoms with E-state index in [0.29, 0.717) is 19.3 Å². The molecule has 1 atom stereocenters. The van der Waals surface area contributed by atoms with Crippen molar-refractivity contribution >= 4 is 11.6 Å². The molecule has 3 aliphatic rings.